The van der Waals surface area contributed by atoms with E-state index in [9.17, 15) is 9.59 Å². The zero-order chi connectivity index (χ0) is 14.4. The van der Waals surface area contributed by atoms with E-state index in [0.717, 1.165) is 10.5 Å². The van der Waals surface area contributed by atoms with Gasteiger partial charge in [-0.25, -0.2) is 0 Å². The molecule has 1 unspecified atom stereocenters. The third kappa shape index (κ3) is 4.35. The van der Waals surface area contributed by atoms with E-state index in [4.69, 9.17) is 15.6 Å². The van der Waals surface area contributed by atoms with Gasteiger partial charge in [-0.1, -0.05) is 17.7 Å². The minimum absolute atomic E-state index is 0.0425. The van der Waals surface area contributed by atoms with E-state index in [2.05, 4.69) is 0 Å². The molecule has 1 rings (SSSR count). The zero-order valence-electron chi connectivity index (χ0n) is 11.0. The second-order valence-electron chi connectivity index (χ2n) is 4.22. The van der Waals surface area contributed by atoms with Gasteiger partial charge in [0.05, 0.1) is 6.61 Å². The number of hydrogen-bond acceptors (Lipinski definition) is 4. The average Bonchev–Trinajstić information content (AvgIpc) is 2.36. The Kier molecular flexibility index (Phi) is 5.47. The molecule has 6 nitrogen and oxygen atoms in total. The minimum Gasteiger partial charge on any atom is -0.480 e. The molecule has 1 aromatic carbocycles. The summed E-state index contributed by atoms with van der Waals surface area (Å²) in [5.74, 6) is -1.58. The van der Waals surface area contributed by atoms with E-state index in [1.807, 2.05) is 6.92 Å². The van der Waals surface area contributed by atoms with Crippen LogP contribution in [0.2, 0.25) is 0 Å². The van der Waals surface area contributed by atoms with Crippen LogP contribution in [0.25, 0.3) is 0 Å². The van der Waals surface area contributed by atoms with E-state index in [-0.39, 0.29) is 6.61 Å². The second-order valence-corrected chi connectivity index (χ2v) is 4.22. The fourth-order valence-corrected chi connectivity index (χ4v) is 1.61. The lowest BCUT2D eigenvalue weighted by Gasteiger charge is -2.24. The van der Waals surface area contributed by atoms with Gasteiger partial charge in [-0.2, -0.15) is 0 Å². The Morgan fingerprint density at radius 1 is 1.37 bits per heavy atom. The van der Waals surface area contributed by atoms with Crippen LogP contribution >= 0.6 is 0 Å². The number of aryl methyl sites for hydroxylation is 1. The normalized spacial score (nSPS) is 11.9. The van der Waals surface area contributed by atoms with Crippen LogP contribution in [0.5, 0.6) is 0 Å². The van der Waals surface area contributed by atoms with Gasteiger partial charge in [0.25, 0.3) is 0 Å². The first-order valence-corrected chi connectivity index (χ1v) is 5.80. The quantitative estimate of drug-likeness (QED) is 0.776. The Labute approximate surface area is 111 Å². The fourth-order valence-electron chi connectivity index (χ4n) is 1.61. The summed E-state index contributed by atoms with van der Waals surface area (Å²) in [6, 6.07) is 6.11. The van der Waals surface area contributed by atoms with Crippen LogP contribution in [-0.4, -0.2) is 43.3 Å². The number of ether oxygens (including phenoxy) is 1. The molecule has 0 aliphatic heterocycles. The Balaban J connectivity index is 2.97. The molecule has 0 aliphatic rings. The number of hydrogen-bond donors (Lipinski definition) is 2. The maximum Gasteiger partial charge on any atom is 0.323 e. The number of methoxy groups -OCH3 is 1. The van der Waals surface area contributed by atoms with Crippen molar-refractivity contribution >= 4 is 17.6 Å². The van der Waals surface area contributed by atoms with Crippen molar-refractivity contribution in [2.45, 2.75) is 13.0 Å². The summed E-state index contributed by atoms with van der Waals surface area (Å²) >= 11 is 0. The molecule has 6 heteroatoms. The molecule has 1 amide bonds. The van der Waals surface area contributed by atoms with Crippen LogP contribution in [0.1, 0.15) is 5.56 Å². The van der Waals surface area contributed by atoms with Crippen LogP contribution < -0.4 is 10.6 Å². The highest BCUT2D eigenvalue weighted by Gasteiger charge is 2.24. The molecule has 0 fully saturated rings. The summed E-state index contributed by atoms with van der Waals surface area (Å²) in [4.78, 5) is 24.1. The minimum atomic E-state index is -1.10. The van der Waals surface area contributed by atoms with Crippen LogP contribution in [0.15, 0.2) is 24.3 Å². The number of benzene rings is 1. The second kappa shape index (κ2) is 6.86. The van der Waals surface area contributed by atoms with Crippen molar-refractivity contribution in [3.05, 3.63) is 29.8 Å². The van der Waals surface area contributed by atoms with E-state index in [0.29, 0.717) is 5.69 Å². The lowest BCUT2D eigenvalue weighted by Crippen LogP contribution is -2.48. The van der Waals surface area contributed by atoms with Gasteiger partial charge in [-0.3, -0.25) is 14.5 Å². The monoisotopic (exact) mass is 266 g/mol. The molecule has 0 aliphatic carbocycles. The molecule has 0 aromatic heterocycles. The molecule has 1 atom stereocenters. The predicted octanol–water partition coefficient (Wildman–Crippen LogP) is 0.386. The van der Waals surface area contributed by atoms with Gasteiger partial charge < -0.3 is 15.6 Å². The van der Waals surface area contributed by atoms with Gasteiger partial charge in [0.2, 0.25) is 5.91 Å². The molecule has 19 heavy (non-hydrogen) atoms. The third-order valence-corrected chi connectivity index (χ3v) is 2.57. The largest absolute Gasteiger partial charge is 0.480 e. The van der Waals surface area contributed by atoms with Gasteiger partial charge in [0, 0.05) is 12.8 Å². The number of nitrogens with zero attached hydrogens (tertiary/aromatic N) is 1. The molecule has 104 valence electrons. The van der Waals surface area contributed by atoms with Crippen molar-refractivity contribution in [3.8, 4) is 0 Å². The van der Waals surface area contributed by atoms with E-state index in [1.165, 1.54) is 7.11 Å². The number of carbonyl (C=O) groups excluding carboxylic acids is 1. The number of carbonyl (C=O) groups is 2. The molecule has 3 N–H and O–H groups in total. The van der Waals surface area contributed by atoms with E-state index in [1.54, 1.807) is 24.3 Å². The van der Waals surface area contributed by atoms with Gasteiger partial charge in [0.15, 0.2) is 0 Å². The Morgan fingerprint density at radius 2 is 1.95 bits per heavy atom. The molecular formula is C13H18N2O4. The maximum atomic E-state index is 12.1. The van der Waals surface area contributed by atoms with Gasteiger partial charge in [0.1, 0.15) is 12.6 Å². The molecule has 0 heterocycles. The first kappa shape index (κ1) is 15.1. The predicted molar refractivity (Wildman–Crippen MR) is 71.0 cm³/mol. The van der Waals surface area contributed by atoms with E-state index < -0.39 is 24.5 Å². The highest BCUT2D eigenvalue weighted by Crippen LogP contribution is 2.16. The van der Waals surface area contributed by atoms with Crippen LogP contribution in [0, 0.1) is 6.92 Å². The first-order chi connectivity index (χ1) is 8.95. The highest BCUT2D eigenvalue weighted by molar-refractivity contribution is 6.00. The van der Waals surface area contributed by atoms with Gasteiger partial charge in [-0.15, -0.1) is 0 Å². The van der Waals surface area contributed by atoms with Crippen molar-refractivity contribution in [3.63, 3.8) is 0 Å². The topological polar surface area (TPSA) is 92.9 Å². The molecule has 1 aromatic rings. The smallest absolute Gasteiger partial charge is 0.323 e. The summed E-state index contributed by atoms with van der Waals surface area (Å²) < 4.78 is 4.81. The Bertz CT molecular complexity index is 444. The van der Waals surface area contributed by atoms with Crippen molar-refractivity contribution < 1.29 is 19.4 Å². The average molecular weight is 266 g/mol. The van der Waals surface area contributed by atoms with Crippen molar-refractivity contribution in [2.24, 2.45) is 5.73 Å². The lowest BCUT2D eigenvalue weighted by atomic mass is 10.2. The summed E-state index contributed by atoms with van der Waals surface area (Å²) in [5, 5.41) is 8.89. The number of aliphatic carboxylic acids is 1. The fraction of sp³-hybridized carbons (Fsp3) is 0.385. The Hall–Kier alpha value is -1.92. The van der Waals surface area contributed by atoms with Crippen molar-refractivity contribution in [1.29, 1.82) is 0 Å². The molecule has 0 bridgehead atoms. The number of carboxylic acid groups (broad SMARTS) is 1. The summed E-state index contributed by atoms with van der Waals surface area (Å²) in [5.41, 5.74) is 7.19. The first-order valence-electron chi connectivity index (χ1n) is 5.80. The van der Waals surface area contributed by atoms with Crippen LogP contribution in [-0.2, 0) is 14.3 Å². The van der Waals surface area contributed by atoms with E-state index >= 15 is 0 Å². The number of nitrogens with two attached hydrogens (primary N) is 1. The molecule has 0 saturated heterocycles. The number of rotatable bonds is 6. The molecule has 0 radical (unpaired) electrons. The van der Waals surface area contributed by atoms with Crippen LogP contribution in [0.3, 0.4) is 0 Å². The highest BCUT2D eigenvalue weighted by atomic mass is 16.5. The standard InChI is InChI=1S/C13H18N2O4/c1-9-3-5-10(6-4-9)15(7-12(16)17)13(18)11(14)8-19-2/h3-6,11H,7-8,14H2,1-2H3,(H,16,17). The lowest BCUT2D eigenvalue weighted by molar-refractivity contribution is -0.137. The molecule has 0 saturated carbocycles. The van der Waals surface area contributed by atoms with Gasteiger partial charge in [-0.05, 0) is 19.1 Å². The van der Waals surface area contributed by atoms with Crippen molar-refractivity contribution in [2.75, 3.05) is 25.2 Å². The van der Waals surface area contributed by atoms with Crippen molar-refractivity contribution in [1.82, 2.24) is 0 Å². The third-order valence-electron chi connectivity index (χ3n) is 2.57. The summed E-state index contributed by atoms with van der Waals surface area (Å²) in [6.07, 6.45) is 0. The number of anilines is 1. The number of amides is 1. The van der Waals surface area contributed by atoms with Crippen LogP contribution in [0.4, 0.5) is 5.69 Å². The SMILES string of the molecule is COCC(N)C(=O)N(CC(=O)O)c1ccc(C)cc1. The maximum absolute atomic E-state index is 12.1. The number of carboxylic acids is 1. The summed E-state index contributed by atoms with van der Waals surface area (Å²) in [7, 11) is 1.43. The van der Waals surface area contributed by atoms with Gasteiger partial charge >= 0.3 is 5.97 Å². The summed E-state index contributed by atoms with van der Waals surface area (Å²) in [6.45, 7) is 1.52. The Morgan fingerprint density at radius 3 is 2.42 bits per heavy atom. The molecule has 0 spiro atoms. The zero-order valence-corrected chi connectivity index (χ0v) is 11.0. The molecular weight excluding hydrogens is 248 g/mol.